The lowest BCUT2D eigenvalue weighted by Gasteiger charge is -2.36. The van der Waals surface area contributed by atoms with Gasteiger partial charge in [0.2, 0.25) is 0 Å². The first kappa shape index (κ1) is 10.9. The highest BCUT2D eigenvalue weighted by Crippen LogP contribution is 2.19. The van der Waals surface area contributed by atoms with Crippen LogP contribution in [0, 0.1) is 0 Å². The minimum absolute atomic E-state index is 0.273. The molecule has 82 valence electrons. The van der Waals surface area contributed by atoms with Crippen LogP contribution >= 0.6 is 15.9 Å². The van der Waals surface area contributed by atoms with Gasteiger partial charge < -0.3 is 9.64 Å². The molecule has 1 aliphatic heterocycles. The molecule has 3 nitrogen and oxygen atoms in total. The summed E-state index contributed by atoms with van der Waals surface area (Å²) >= 11 is 3.39. The second-order valence-corrected chi connectivity index (χ2v) is 4.79. The van der Waals surface area contributed by atoms with Crippen molar-refractivity contribution in [1.82, 2.24) is 4.98 Å². The third-order valence-electron chi connectivity index (χ3n) is 2.44. The molecule has 0 radical (unpaired) electrons. The highest BCUT2D eigenvalue weighted by molar-refractivity contribution is 9.10. The Morgan fingerprint density at radius 1 is 1.33 bits per heavy atom. The van der Waals surface area contributed by atoms with Gasteiger partial charge in [0, 0.05) is 13.1 Å². The maximum atomic E-state index is 5.69. The van der Waals surface area contributed by atoms with Crippen molar-refractivity contribution in [2.45, 2.75) is 26.1 Å². The minimum atomic E-state index is 0.273. The van der Waals surface area contributed by atoms with Crippen LogP contribution in [0.2, 0.25) is 0 Å². The van der Waals surface area contributed by atoms with E-state index in [2.05, 4.69) is 39.7 Å². The Morgan fingerprint density at radius 2 is 2.00 bits per heavy atom. The third kappa shape index (κ3) is 2.69. The van der Waals surface area contributed by atoms with Crippen LogP contribution in [0.15, 0.2) is 22.8 Å². The Morgan fingerprint density at radius 3 is 2.60 bits per heavy atom. The van der Waals surface area contributed by atoms with Gasteiger partial charge in [-0.05, 0) is 41.9 Å². The molecular formula is C11H15BrN2O. The van der Waals surface area contributed by atoms with Crippen molar-refractivity contribution in [3.05, 3.63) is 22.8 Å². The Balaban J connectivity index is 2.16. The summed E-state index contributed by atoms with van der Waals surface area (Å²) in [5.41, 5.74) is 0. The van der Waals surface area contributed by atoms with E-state index in [1.807, 2.05) is 18.2 Å². The second kappa shape index (κ2) is 4.49. The van der Waals surface area contributed by atoms with Crippen LogP contribution < -0.4 is 4.90 Å². The van der Waals surface area contributed by atoms with Crippen LogP contribution in [0.25, 0.3) is 0 Å². The van der Waals surface area contributed by atoms with Crippen molar-refractivity contribution in [3.63, 3.8) is 0 Å². The van der Waals surface area contributed by atoms with Crippen LogP contribution in [0.3, 0.4) is 0 Å². The highest BCUT2D eigenvalue weighted by Gasteiger charge is 2.22. The first-order valence-electron chi connectivity index (χ1n) is 5.18. The van der Waals surface area contributed by atoms with Crippen molar-refractivity contribution in [3.8, 4) is 0 Å². The standard InChI is InChI=1S/C11H15BrN2O/c1-8-6-14(7-9(2)15-8)11-5-3-4-10(12)13-11/h3-5,8-9H,6-7H2,1-2H3. The van der Waals surface area contributed by atoms with Crippen LogP contribution in [0.4, 0.5) is 5.82 Å². The number of halogens is 1. The van der Waals surface area contributed by atoms with E-state index in [1.165, 1.54) is 0 Å². The number of anilines is 1. The summed E-state index contributed by atoms with van der Waals surface area (Å²) in [7, 11) is 0. The van der Waals surface area contributed by atoms with Gasteiger partial charge in [0.05, 0.1) is 12.2 Å². The lowest BCUT2D eigenvalue weighted by atomic mass is 10.2. The summed E-state index contributed by atoms with van der Waals surface area (Å²) in [5, 5.41) is 0. The van der Waals surface area contributed by atoms with Gasteiger partial charge in [0.25, 0.3) is 0 Å². The molecule has 15 heavy (non-hydrogen) atoms. The Labute approximate surface area is 98.6 Å². The van der Waals surface area contributed by atoms with Gasteiger partial charge in [-0.15, -0.1) is 0 Å². The number of hydrogen-bond donors (Lipinski definition) is 0. The fourth-order valence-electron chi connectivity index (χ4n) is 1.94. The van der Waals surface area contributed by atoms with E-state index in [4.69, 9.17) is 4.74 Å². The predicted octanol–water partition coefficient (Wildman–Crippen LogP) is 2.46. The second-order valence-electron chi connectivity index (χ2n) is 3.98. The third-order valence-corrected chi connectivity index (χ3v) is 2.89. The number of pyridine rings is 1. The van der Waals surface area contributed by atoms with Crippen molar-refractivity contribution >= 4 is 21.7 Å². The minimum Gasteiger partial charge on any atom is -0.372 e. The highest BCUT2D eigenvalue weighted by atomic mass is 79.9. The van der Waals surface area contributed by atoms with E-state index >= 15 is 0 Å². The molecule has 1 aliphatic rings. The monoisotopic (exact) mass is 270 g/mol. The first-order valence-corrected chi connectivity index (χ1v) is 5.97. The van der Waals surface area contributed by atoms with Crippen LogP contribution in [0.1, 0.15) is 13.8 Å². The van der Waals surface area contributed by atoms with Gasteiger partial charge in [-0.1, -0.05) is 6.07 Å². The predicted molar refractivity (Wildman–Crippen MR) is 64.2 cm³/mol. The van der Waals surface area contributed by atoms with Gasteiger partial charge in [0.15, 0.2) is 0 Å². The molecule has 0 amide bonds. The number of aromatic nitrogens is 1. The molecule has 1 fully saturated rings. The molecule has 0 aromatic carbocycles. The molecule has 0 spiro atoms. The molecule has 4 heteroatoms. The zero-order valence-corrected chi connectivity index (χ0v) is 10.6. The fraction of sp³-hybridized carbons (Fsp3) is 0.545. The summed E-state index contributed by atoms with van der Waals surface area (Å²) in [6.45, 7) is 6.02. The lowest BCUT2D eigenvalue weighted by molar-refractivity contribution is -0.00546. The number of rotatable bonds is 1. The summed E-state index contributed by atoms with van der Waals surface area (Å²) in [4.78, 5) is 6.72. The molecule has 0 N–H and O–H groups in total. The van der Waals surface area contributed by atoms with Crippen molar-refractivity contribution in [2.24, 2.45) is 0 Å². The van der Waals surface area contributed by atoms with E-state index in [9.17, 15) is 0 Å². The summed E-state index contributed by atoms with van der Waals surface area (Å²) in [5.74, 6) is 1.02. The van der Waals surface area contributed by atoms with Gasteiger partial charge >= 0.3 is 0 Å². The largest absolute Gasteiger partial charge is 0.372 e. The molecule has 1 aromatic rings. The Hall–Kier alpha value is -0.610. The van der Waals surface area contributed by atoms with Crippen LogP contribution in [-0.2, 0) is 4.74 Å². The number of hydrogen-bond acceptors (Lipinski definition) is 3. The van der Waals surface area contributed by atoms with Crippen molar-refractivity contribution in [2.75, 3.05) is 18.0 Å². The van der Waals surface area contributed by atoms with Crippen LogP contribution in [-0.4, -0.2) is 30.3 Å². The molecular weight excluding hydrogens is 256 g/mol. The molecule has 1 aromatic heterocycles. The Bertz CT molecular complexity index is 335. The normalized spacial score (nSPS) is 26.7. The quantitative estimate of drug-likeness (QED) is 0.734. The van der Waals surface area contributed by atoms with Crippen molar-refractivity contribution < 1.29 is 4.74 Å². The topological polar surface area (TPSA) is 25.4 Å². The Kier molecular flexibility index (Phi) is 3.26. The van der Waals surface area contributed by atoms with Gasteiger partial charge in [-0.25, -0.2) is 4.98 Å². The first-order chi connectivity index (χ1) is 7.15. The molecule has 1 saturated heterocycles. The maximum Gasteiger partial charge on any atom is 0.130 e. The average Bonchev–Trinajstić information content (AvgIpc) is 2.16. The zero-order chi connectivity index (χ0) is 10.8. The summed E-state index contributed by atoms with van der Waals surface area (Å²) in [6, 6.07) is 5.99. The molecule has 0 bridgehead atoms. The van der Waals surface area contributed by atoms with Crippen molar-refractivity contribution in [1.29, 1.82) is 0 Å². The van der Waals surface area contributed by atoms with E-state index in [0.717, 1.165) is 23.5 Å². The number of morpholine rings is 1. The van der Waals surface area contributed by atoms with Crippen LogP contribution in [0.5, 0.6) is 0 Å². The molecule has 0 aliphatic carbocycles. The maximum absolute atomic E-state index is 5.69. The zero-order valence-electron chi connectivity index (χ0n) is 8.98. The number of nitrogens with zero attached hydrogens (tertiary/aromatic N) is 2. The average molecular weight is 271 g/mol. The van der Waals surface area contributed by atoms with E-state index in [-0.39, 0.29) is 12.2 Å². The molecule has 0 saturated carbocycles. The molecule has 2 heterocycles. The molecule has 2 rings (SSSR count). The van der Waals surface area contributed by atoms with Gasteiger partial charge in [0.1, 0.15) is 10.4 Å². The van der Waals surface area contributed by atoms with Gasteiger partial charge in [-0.3, -0.25) is 0 Å². The smallest absolute Gasteiger partial charge is 0.130 e. The SMILES string of the molecule is CC1CN(c2cccc(Br)n2)CC(C)O1. The van der Waals surface area contributed by atoms with E-state index in [0.29, 0.717) is 0 Å². The lowest BCUT2D eigenvalue weighted by Crippen LogP contribution is -2.45. The molecule has 2 unspecified atom stereocenters. The number of ether oxygens (including phenoxy) is 1. The summed E-state index contributed by atoms with van der Waals surface area (Å²) < 4.78 is 6.57. The van der Waals surface area contributed by atoms with Gasteiger partial charge in [-0.2, -0.15) is 0 Å². The molecule has 2 atom stereocenters. The van der Waals surface area contributed by atoms with E-state index in [1.54, 1.807) is 0 Å². The summed E-state index contributed by atoms with van der Waals surface area (Å²) in [6.07, 6.45) is 0.545. The van der Waals surface area contributed by atoms with E-state index < -0.39 is 0 Å². The fourth-order valence-corrected chi connectivity index (χ4v) is 2.27.